The predicted octanol–water partition coefficient (Wildman–Crippen LogP) is 3.12. The molecule has 0 aromatic carbocycles. The molecular formula is C14H21NO. The van der Waals surface area contributed by atoms with Gasteiger partial charge in [-0.1, -0.05) is 33.8 Å². The third-order valence-electron chi connectivity index (χ3n) is 2.92. The smallest absolute Gasteiger partial charge is 0.139 e. The van der Waals surface area contributed by atoms with E-state index in [9.17, 15) is 4.79 Å². The van der Waals surface area contributed by atoms with Crippen LogP contribution in [0.1, 0.15) is 33.3 Å². The van der Waals surface area contributed by atoms with Crippen LogP contribution in [0.2, 0.25) is 0 Å². The van der Waals surface area contributed by atoms with Gasteiger partial charge in [-0.3, -0.25) is 9.78 Å². The second-order valence-electron chi connectivity index (χ2n) is 4.97. The maximum atomic E-state index is 12.1. The molecule has 2 nitrogen and oxygen atoms in total. The van der Waals surface area contributed by atoms with Gasteiger partial charge >= 0.3 is 0 Å². The maximum Gasteiger partial charge on any atom is 0.139 e. The third kappa shape index (κ3) is 3.44. The number of nitrogens with zero attached hydrogens (tertiary/aromatic N) is 1. The van der Waals surface area contributed by atoms with Crippen LogP contribution in [0.15, 0.2) is 24.5 Å². The minimum absolute atomic E-state index is 0.115. The van der Waals surface area contributed by atoms with Crippen molar-refractivity contribution in [1.29, 1.82) is 0 Å². The molecule has 0 aliphatic carbocycles. The summed E-state index contributed by atoms with van der Waals surface area (Å²) in [4.78, 5) is 16.2. The zero-order valence-corrected chi connectivity index (χ0v) is 10.6. The summed E-state index contributed by atoms with van der Waals surface area (Å²) < 4.78 is 0. The molecule has 0 saturated carbocycles. The standard InChI is InChI=1S/C14H21NO/c1-10(2)13(14(16)11(3)4)8-12-6-5-7-15-9-12/h5-7,9-11,13H,8H2,1-4H3/t13-/m0/s1. The Balaban J connectivity index is 2.77. The van der Waals surface area contributed by atoms with Crippen LogP contribution in [0, 0.1) is 17.8 Å². The van der Waals surface area contributed by atoms with Crippen molar-refractivity contribution in [2.24, 2.45) is 17.8 Å². The highest BCUT2D eigenvalue weighted by Gasteiger charge is 2.24. The second-order valence-corrected chi connectivity index (χ2v) is 4.97. The van der Waals surface area contributed by atoms with E-state index in [1.165, 1.54) is 0 Å². The number of aromatic nitrogens is 1. The fraction of sp³-hybridized carbons (Fsp3) is 0.571. The molecule has 0 aliphatic heterocycles. The van der Waals surface area contributed by atoms with Gasteiger partial charge in [0.15, 0.2) is 0 Å². The molecule has 0 spiro atoms. The van der Waals surface area contributed by atoms with Crippen molar-refractivity contribution in [2.75, 3.05) is 0 Å². The zero-order valence-electron chi connectivity index (χ0n) is 10.6. The van der Waals surface area contributed by atoms with Crippen LogP contribution in [0.5, 0.6) is 0 Å². The molecule has 0 aliphatic rings. The van der Waals surface area contributed by atoms with Crippen LogP contribution in [-0.2, 0) is 11.2 Å². The molecule has 1 atom stereocenters. The molecular weight excluding hydrogens is 198 g/mol. The molecule has 1 aromatic heterocycles. The number of carbonyl (C=O) groups is 1. The highest BCUT2D eigenvalue weighted by Crippen LogP contribution is 2.21. The number of hydrogen-bond donors (Lipinski definition) is 0. The number of hydrogen-bond acceptors (Lipinski definition) is 2. The van der Waals surface area contributed by atoms with E-state index in [0.29, 0.717) is 11.7 Å². The second kappa shape index (κ2) is 5.78. The molecule has 0 amide bonds. The van der Waals surface area contributed by atoms with Crippen LogP contribution in [0.25, 0.3) is 0 Å². The van der Waals surface area contributed by atoms with Crippen molar-refractivity contribution in [1.82, 2.24) is 4.98 Å². The fourth-order valence-electron chi connectivity index (χ4n) is 1.87. The molecule has 1 rings (SSSR count). The Morgan fingerprint density at radius 2 is 2.00 bits per heavy atom. The summed E-state index contributed by atoms with van der Waals surface area (Å²) in [6, 6.07) is 3.96. The van der Waals surface area contributed by atoms with Gasteiger partial charge in [-0.25, -0.2) is 0 Å². The first-order valence-corrected chi connectivity index (χ1v) is 5.95. The van der Waals surface area contributed by atoms with Crippen LogP contribution in [0.4, 0.5) is 0 Å². The van der Waals surface area contributed by atoms with Crippen LogP contribution in [0.3, 0.4) is 0 Å². The normalized spacial score (nSPS) is 13.1. The summed E-state index contributed by atoms with van der Waals surface area (Å²) in [7, 11) is 0. The quantitative estimate of drug-likeness (QED) is 0.761. The zero-order chi connectivity index (χ0) is 12.1. The van der Waals surface area contributed by atoms with Crippen LogP contribution >= 0.6 is 0 Å². The Labute approximate surface area is 98.1 Å². The summed E-state index contributed by atoms with van der Waals surface area (Å²) in [6.07, 6.45) is 4.42. The van der Waals surface area contributed by atoms with Crippen molar-refractivity contribution in [2.45, 2.75) is 34.1 Å². The van der Waals surface area contributed by atoms with Crippen molar-refractivity contribution < 1.29 is 4.79 Å². The van der Waals surface area contributed by atoms with Crippen molar-refractivity contribution in [3.05, 3.63) is 30.1 Å². The molecule has 0 radical (unpaired) electrons. The molecule has 0 saturated heterocycles. The summed E-state index contributed by atoms with van der Waals surface area (Å²) in [5, 5.41) is 0. The highest BCUT2D eigenvalue weighted by atomic mass is 16.1. The number of ketones is 1. The van der Waals surface area contributed by atoms with E-state index >= 15 is 0 Å². The van der Waals surface area contributed by atoms with Crippen molar-refractivity contribution >= 4 is 5.78 Å². The Kier molecular flexibility index (Phi) is 4.66. The van der Waals surface area contributed by atoms with E-state index < -0.39 is 0 Å². The van der Waals surface area contributed by atoms with Crippen LogP contribution < -0.4 is 0 Å². The minimum Gasteiger partial charge on any atom is -0.299 e. The number of rotatable bonds is 5. The van der Waals surface area contributed by atoms with Gasteiger partial charge in [0.05, 0.1) is 0 Å². The number of carbonyl (C=O) groups excluding carboxylic acids is 1. The van der Waals surface area contributed by atoms with Crippen LogP contribution in [-0.4, -0.2) is 10.8 Å². The van der Waals surface area contributed by atoms with E-state index in [4.69, 9.17) is 0 Å². The van der Waals surface area contributed by atoms with E-state index in [2.05, 4.69) is 18.8 Å². The van der Waals surface area contributed by atoms with Gasteiger partial charge in [-0.15, -0.1) is 0 Å². The molecule has 1 heterocycles. The highest BCUT2D eigenvalue weighted by molar-refractivity contribution is 5.83. The Morgan fingerprint density at radius 1 is 1.31 bits per heavy atom. The first kappa shape index (κ1) is 12.9. The topological polar surface area (TPSA) is 30.0 Å². The molecule has 0 N–H and O–H groups in total. The van der Waals surface area contributed by atoms with E-state index in [0.717, 1.165) is 12.0 Å². The van der Waals surface area contributed by atoms with E-state index in [1.54, 1.807) is 6.20 Å². The van der Waals surface area contributed by atoms with Gasteiger partial charge in [0.25, 0.3) is 0 Å². The predicted molar refractivity (Wildman–Crippen MR) is 66.1 cm³/mol. The monoisotopic (exact) mass is 219 g/mol. The third-order valence-corrected chi connectivity index (χ3v) is 2.92. The average Bonchev–Trinajstić information content (AvgIpc) is 2.26. The SMILES string of the molecule is CC(C)C(=O)[C@@H](Cc1cccnc1)C(C)C. The molecule has 88 valence electrons. The molecule has 0 fully saturated rings. The van der Waals surface area contributed by atoms with Gasteiger partial charge in [-0.2, -0.15) is 0 Å². The molecule has 1 aromatic rings. The maximum absolute atomic E-state index is 12.1. The number of pyridine rings is 1. The van der Waals surface area contributed by atoms with Crippen molar-refractivity contribution in [3.63, 3.8) is 0 Å². The lowest BCUT2D eigenvalue weighted by molar-refractivity contribution is -0.127. The molecule has 16 heavy (non-hydrogen) atoms. The Morgan fingerprint density at radius 3 is 2.44 bits per heavy atom. The lowest BCUT2D eigenvalue weighted by Crippen LogP contribution is -2.26. The summed E-state index contributed by atoms with van der Waals surface area (Å²) >= 11 is 0. The van der Waals surface area contributed by atoms with Gasteiger partial charge in [0, 0.05) is 24.2 Å². The lowest BCUT2D eigenvalue weighted by atomic mass is 9.82. The summed E-state index contributed by atoms with van der Waals surface area (Å²) in [5.41, 5.74) is 1.15. The Bertz CT molecular complexity index is 330. The largest absolute Gasteiger partial charge is 0.299 e. The number of Topliss-reactive ketones (excluding diaryl/α,β-unsaturated/α-hetero) is 1. The lowest BCUT2D eigenvalue weighted by Gasteiger charge is -2.21. The Hall–Kier alpha value is -1.18. The van der Waals surface area contributed by atoms with E-state index in [1.807, 2.05) is 32.2 Å². The summed E-state index contributed by atoms with van der Waals surface area (Å²) in [5.74, 6) is 0.974. The van der Waals surface area contributed by atoms with Gasteiger partial charge in [-0.05, 0) is 24.0 Å². The van der Waals surface area contributed by atoms with Gasteiger partial charge in [0.2, 0.25) is 0 Å². The molecule has 2 heteroatoms. The van der Waals surface area contributed by atoms with E-state index in [-0.39, 0.29) is 11.8 Å². The van der Waals surface area contributed by atoms with Gasteiger partial charge in [0.1, 0.15) is 5.78 Å². The average molecular weight is 219 g/mol. The minimum atomic E-state index is 0.115. The van der Waals surface area contributed by atoms with Crippen molar-refractivity contribution in [3.8, 4) is 0 Å². The molecule has 0 bridgehead atoms. The fourth-order valence-corrected chi connectivity index (χ4v) is 1.87. The molecule has 0 unspecified atom stereocenters. The first-order valence-electron chi connectivity index (χ1n) is 5.95. The first-order chi connectivity index (χ1) is 7.52. The summed E-state index contributed by atoms with van der Waals surface area (Å²) in [6.45, 7) is 8.17. The van der Waals surface area contributed by atoms with Gasteiger partial charge < -0.3 is 0 Å².